The quantitative estimate of drug-likeness (QED) is 0.898. The summed E-state index contributed by atoms with van der Waals surface area (Å²) in [6.07, 6.45) is 1.06. The number of fused-ring (bicyclic) bond motifs is 1. The molecule has 1 unspecified atom stereocenters. The van der Waals surface area contributed by atoms with E-state index in [2.05, 4.69) is 75.4 Å². The van der Waals surface area contributed by atoms with Gasteiger partial charge in [0.05, 0.1) is 6.04 Å². The van der Waals surface area contributed by atoms with Crippen LogP contribution in [0.3, 0.4) is 0 Å². The van der Waals surface area contributed by atoms with Gasteiger partial charge in [0.25, 0.3) is 0 Å². The van der Waals surface area contributed by atoms with Gasteiger partial charge in [-0.25, -0.2) is 0 Å². The predicted molar refractivity (Wildman–Crippen MR) is 105 cm³/mol. The third-order valence-electron chi connectivity index (χ3n) is 5.00. The lowest BCUT2D eigenvalue weighted by atomic mass is 9.85. The van der Waals surface area contributed by atoms with E-state index in [1.54, 1.807) is 0 Å². The first kappa shape index (κ1) is 18.0. The first-order chi connectivity index (χ1) is 12.0. The van der Waals surface area contributed by atoms with E-state index in [-0.39, 0.29) is 6.04 Å². The fourth-order valence-electron chi connectivity index (χ4n) is 3.88. The number of rotatable bonds is 5. The van der Waals surface area contributed by atoms with E-state index in [4.69, 9.17) is 4.74 Å². The summed E-state index contributed by atoms with van der Waals surface area (Å²) in [5.74, 6) is 0.985. The molecule has 0 saturated heterocycles. The number of benzene rings is 2. The van der Waals surface area contributed by atoms with Gasteiger partial charge >= 0.3 is 0 Å². The van der Waals surface area contributed by atoms with Crippen molar-refractivity contribution in [1.29, 1.82) is 0 Å². The van der Waals surface area contributed by atoms with Crippen molar-refractivity contribution in [1.82, 2.24) is 10.2 Å². The molecule has 3 rings (SSSR count). The van der Waals surface area contributed by atoms with Crippen LogP contribution in [0.1, 0.15) is 39.4 Å². The van der Waals surface area contributed by atoms with Crippen LogP contribution < -0.4 is 10.1 Å². The van der Waals surface area contributed by atoms with Gasteiger partial charge in [-0.2, -0.15) is 0 Å². The molecule has 0 saturated carbocycles. The number of likely N-dealkylation sites (N-methyl/N-ethyl adjacent to an activating group) is 1. The molecule has 1 aliphatic rings. The van der Waals surface area contributed by atoms with E-state index in [9.17, 15) is 0 Å². The van der Waals surface area contributed by atoms with Crippen LogP contribution in [-0.4, -0.2) is 38.7 Å². The summed E-state index contributed by atoms with van der Waals surface area (Å²) >= 11 is 0. The fourth-order valence-corrected chi connectivity index (χ4v) is 3.88. The fraction of sp³-hybridized carbons (Fsp3) is 0.455. The van der Waals surface area contributed by atoms with Crippen molar-refractivity contribution in [2.75, 3.05) is 33.8 Å². The van der Waals surface area contributed by atoms with E-state index in [0.717, 1.165) is 31.9 Å². The van der Waals surface area contributed by atoms with Crippen LogP contribution >= 0.6 is 0 Å². The van der Waals surface area contributed by atoms with Crippen LogP contribution in [0.5, 0.6) is 5.75 Å². The monoisotopic (exact) mass is 338 g/mol. The summed E-state index contributed by atoms with van der Waals surface area (Å²) < 4.78 is 5.92. The molecule has 134 valence electrons. The molecule has 25 heavy (non-hydrogen) atoms. The number of hydrogen-bond acceptors (Lipinski definition) is 3. The zero-order valence-electron chi connectivity index (χ0n) is 16.1. The average Bonchev–Trinajstić information content (AvgIpc) is 2.53. The number of hydrogen-bond donors (Lipinski definition) is 1. The molecule has 0 spiro atoms. The molecule has 0 amide bonds. The lowest BCUT2D eigenvalue weighted by Gasteiger charge is -2.30. The van der Waals surface area contributed by atoms with Crippen LogP contribution in [-0.2, 0) is 6.42 Å². The second-order valence-electron chi connectivity index (χ2n) is 7.46. The highest BCUT2D eigenvalue weighted by Crippen LogP contribution is 2.34. The van der Waals surface area contributed by atoms with Gasteiger partial charge in [0.2, 0.25) is 0 Å². The lowest BCUT2D eigenvalue weighted by Crippen LogP contribution is -2.31. The number of nitrogens with zero attached hydrogens (tertiary/aromatic N) is 1. The number of aryl methyl sites for hydroxylation is 3. The highest BCUT2D eigenvalue weighted by atomic mass is 16.5. The van der Waals surface area contributed by atoms with Crippen LogP contribution in [0, 0.1) is 20.8 Å². The lowest BCUT2D eigenvalue weighted by molar-refractivity contribution is 0.261. The Morgan fingerprint density at radius 1 is 1.08 bits per heavy atom. The maximum atomic E-state index is 5.92. The minimum absolute atomic E-state index is 0.278. The van der Waals surface area contributed by atoms with Crippen molar-refractivity contribution in [3.8, 4) is 5.75 Å². The standard InChI is InChI=1S/C22H30N2O/c1-15-12-16(2)21(17(3)13-15)22-20-7-6-19(25-11-10-24(4)5)14-18(20)8-9-23-22/h6-7,12-14,22-23H,8-11H2,1-5H3. The van der Waals surface area contributed by atoms with Crippen molar-refractivity contribution in [3.63, 3.8) is 0 Å². The highest BCUT2D eigenvalue weighted by Gasteiger charge is 2.24. The molecule has 2 aromatic carbocycles. The van der Waals surface area contributed by atoms with Crippen molar-refractivity contribution in [2.45, 2.75) is 33.2 Å². The zero-order chi connectivity index (χ0) is 18.0. The van der Waals surface area contributed by atoms with Crippen LogP contribution in [0.15, 0.2) is 30.3 Å². The van der Waals surface area contributed by atoms with Crippen molar-refractivity contribution in [3.05, 3.63) is 63.7 Å². The van der Waals surface area contributed by atoms with Gasteiger partial charge in [-0.3, -0.25) is 0 Å². The Kier molecular flexibility index (Phi) is 5.45. The Morgan fingerprint density at radius 3 is 2.48 bits per heavy atom. The maximum Gasteiger partial charge on any atom is 0.119 e. The zero-order valence-corrected chi connectivity index (χ0v) is 16.1. The predicted octanol–water partition coefficient (Wildman–Crippen LogP) is 3.79. The van der Waals surface area contributed by atoms with Crippen LogP contribution in [0.25, 0.3) is 0 Å². The Bertz CT molecular complexity index is 729. The number of nitrogens with one attached hydrogen (secondary N) is 1. The molecule has 1 N–H and O–H groups in total. The van der Waals surface area contributed by atoms with Crippen molar-refractivity contribution in [2.24, 2.45) is 0 Å². The smallest absolute Gasteiger partial charge is 0.119 e. The maximum absolute atomic E-state index is 5.92. The number of ether oxygens (including phenoxy) is 1. The van der Waals surface area contributed by atoms with Crippen molar-refractivity contribution < 1.29 is 4.74 Å². The van der Waals surface area contributed by atoms with Crippen molar-refractivity contribution >= 4 is 0 Å². The molecule has 1 aliphatic heterocycles. The average molecular weight is 338 g/mol. The SMILES string of the molecule is Cc1cc(C)c(C2NCCc3cc(OCCN(C)C)ccc32)c(C)c1. The Morgan fingerprint density at radius 2 is 1.80 bits per heavy atom. The van der Waals surface area contributed by atoms with E-state index >= 15 is 0 Å². The van der Waals surface area contributed by atoms with Gasteiger partial charge < -0.3 is 15.0 Å². The minimum Gasteiger partial charge on any atom is -0.492 e. The van der Waals surface area contributed by atoms with E-state index in [0.29, 0.717) is 0 Å². The molecule has 1 atom stereocenters. The molecule has 1 heterocycles. The molecule has 3 nitrogen and oxygen atoms in total. The Labute approximate surface area is 152 Å². The topological polar surface area (TPSA) is 24.5 Å². The molecule has 0 radical (unpaired) electrons. The van der Waals surface area contributed by atoms with E-state index in [1.807, 2.05) is 0 Å². The summed E-state index contributed by atoms with van der Waals surface area (Å²) in [5.41, 5.74) is 8.29. The van der Waals surface area contributed by atoms with Gasteiger partial charge in [-0.1, -0.05) is 23.8 Å². The molecule has 0 bridgehead atoms. The van der Waals surface area contributed by atoms with Gasteiger partial charge in [-0.05, 0) is 81.2 Å². The normalized spacial score (nSPS) is 16.8. The molecular weight excluding hydrogens is 308 g/mol. The van der Waals surface area contributed by atoms with Gasteiger partial charge in [0.15, 0.2) is 0 Å². The van der Waals surface area contributed by atoms with Gasteiger partial charge in [-0.15, -0.1) is 0 Å². The first-order valence-corrected chi connectivity index (χ1v) is 9.17. The molecule has 0 aliphatic carbocycles. The van der Waals surface area contributed by atoms with Crippen LogP contribution in [0.4, 0.5) is 0 Å². The molecule has 3 heteroatoms. The molecule has 0 aromatic heterocycles. The van der Waals surface area contributed by atoms with Crippen LogP contribution in [0.2, 0.25) is 0 Å². The molecule has 0 fully saturated rings. The molecule has 2 aromatic rings. The summed E-state index contributed by atoms with van der Waals surface area (Å²) in [6.45, 7) is 9.29. The second kappa shape index (κ2) is 7.59. The van der Waals surface area contributed by atoms with E-state index in [1.165, 1.54) is 33.4 Å². The third-order valence-corrected chi connectivity index (χ3v) is 5.00. The van der Waals surface area contributed by atoms with E-state index < -0.39 is 0 Å². The Hall–Kier alpha value is -1.84. The third kappa shape index (κ3) is 4.05. The highest BCUT2D eigenvalue weighted by molar-refractivity contribution is 5.49. The summed E-state index contributed by atoms with van der Waals surface area (Å²) in [7, 11) is 4.14. The summed E-state index contributed by atoms with van der Waals surface area (Å²) in [5, 5.41) is 3.72. The first-order valence-electron chi connectivity index (χ1n) is 9.17. The van der Waals surface area contributed by atoms with Gasteiger partial charge in [0, 0.05) is 13.1 Å². The van der Waals surface area contributed by atoms with Gasteiger partial charge in [0.1, 0.15) is 12.4 Å². The second-order valence-corrected chi connectivity index (χ2v) is 7.46. The molecular formula is C22H30N2O. The summed E-state index contributed by atoms with van der Waals surface area (Å²) in [4.78, 5) is 2.14. The minimum atomic E-state index is 0.278. The largest absolute Gasteiger partial charge is 0.492 e. The Balaban J connectivity index is 1.88. The summed E-state index contributed by atoms with van der Waals surface area (Å²) in [6, 6.07) is 11.5.